The lowest BCUT2D eigenvalue weighted by molar-refractivity contribution is 0.384. The van der Waals surface area contributed by atoms with E-state index in [1.807, 2.05) is 36.4 Å². The summed E-state index contributed by atoms with van der Waals surface area (Å²) in [5.41, 5.74) is 2.09. The molecule has 1 aliphatic heterocycles. The van der Waals surface area contributed by atoms with Crippen LogP contribution in [0.2, 0.25) is 0 Å². The number of aryl methyl sites for hydroxylation is 1. The van der Waals surface area contributed by atoms with Crippen LogP contribution < -0.4 is 9.64 Å². The quantitative estimate of drug-likeness (QED) is 0.707. The van der Waals surface area contributed by atoms with Crippen LogP contribution in [-0.4, -0.2) is 51.9 Å². The van der Waals surface area contributed by atoms with Crippen molar-refractivity contribution in [2.45, 2.75) is 11.3 Å². The molecule has 0 unspecified atom stereocenters. The average Bonchev–Trinajstić information content (AvgIpc) is 2.69. The number of nitrogens with zero attached hydrogens (tertiary/aromatic N) is 2. The molecule has 140 valence electrons. The molecule has 0 atom stereocenters. The molecule has 0 spiro atoms. The number of alkyl halides is 1. The van der Waals surface area contributed by atoms with Gasteiger partial charge in [0.1, 0.15) is 5.75 Å². The number of piperazine rings is 1. The highest BCUT2D eigenvalue weighted by atomic mass is 35.5. The Bertz CT molecular complexity index is 832. The second-order valence-corrected chi connectivity index (χ2v) is 8.49. The SMILES string of the molecule is COc1cccc(N2CCN(S(=O)(=O)c3ccc(CCCl)cc3)CC2)c1. The minimum atomic E-state index is -3.46. The van der Waals surface area contributed by atoms with E-state index >= 15 is 0 Å². The van der Waals surface area contributed by atoms with Crippen LogP contribution in [0.5, 0.6) is 5.75 Å². The molecule has 2 aromatic rings. The number of benzene rings is 2. The van der Waals surface area contributed by atoms with Crippen molar-refractivity contribution in [2.24, 2.45) is 0 Å². The molecule has 0 bridgehead atoms. The van der Waals surface area contributed by atoms with Gasteiger partial charge in [0.15, 0.2) is 0 Å². The van der Waals surface area contributed by atoms with Crippen LogP contribution in [0.25, 0.3) is 0 Å². The van der Waals surface area contributed by atoms with Crippen LogP contribution in [0.1, 0.15) is 5.56 Å². The molecule has 5 nitrogen and oxygen atoms in total. The van der Waals surface area contributed by atoms with Crippen LogP contribution in [0.4, 0.5) is 5.69 Å². The molecule has 2 aromatic carbocycles. The van der Waals surface area contributed by atoms with E-state index in [1.54, 1.807) is 23.5 Å². The molecule has 0 aromatic heterocycles. The van der Waals surface area contributed by atoms with Gasteiger partial charge in [-0.2, -0.15) is 4.31 Å². The highest BCUT2D eigenvalue weighted by Gasteiger charge is 2.28. The first-order valence-electron chi connectivity index (χ1n) is 8.58. The molecular weight excluding hydrogens is 372 g/mol. The standard InChI is InChI=1S/C19H23ClN2O3S/c1-25-18-4-2-3-17(15-18)21-11-13-22(14-12-21)26(23,24)19-7-5-16(6-8-19)9-10-20/h2-8,15H,9-14H2,1H3. The monoisotopic (exact) mass is 394 g/mol. The van der Waals surface area contributed by atoms with E-state index in [0.29, 0.717) is 37.0 Å². The third-order valence-electron chi connectivity index (χ3n) is 4.60. The van der Waals surface area contributed by atoms with Crippen LogP contribution in [0, 0.1) is 0 Å². The lowest BCUT2D eigenvalue weighted by atomic mass is 10.2. The molecule has 0 amide bonds. The van der Waals surface area contributed by atoms with Gasteiger partial charge in [-0.25, -0.2) is 8.42 Å². The number of ether oxygens (including phenoxy) is 1. The van der Waals surface area contributed by atoms with Gasteiger partial charge in [0.2, 0.25) is 10.0 Å². The Balaban J connectivity index is 1.68. The molecule has 1 heterocycles. The number of sulfonamides is 1. The van der Waals surface area contributed by atoms with Crippen molar-refractivity contribution in [2.75, 3.05) is 44.1 Å². The van der Waals surface area contributed by atoms with E-state index in [-0.39, 0.29) is 0 Å². The molecule has 0 saturated carbocycles. The summed E-state index contributed by atoms with van der Waals surface area (Å²) >= 11 is 5.73. The Kier molecular flexibility index (Phi) is 6.06. The van der Waals surface area contributed by atoms with E-state index in [2.05, 4.69) is 4.90 Å². The highest BCUT2D eigenvalue weighted by Crippen LogP contribution is 2.24. The molecule has 1 fully saturated rings. The van der Waals surface area contributed by atoms with Crippen molar-refractivity contribution in [3.63, 3.8) is 0 Å². The Labute approximate surface area is 160 Å². The van der Waals surface area contributed by atoms with Crippen LogP contribution in [-0.2, 0) is 16.4 Å². The fourth-order valence-electron chi connectivity index (χ4n) is 3.08. The summed E-state index contributed by atoms with van der Waals surface area (Å²) in [4.78, 5) is 2.52. The molecule has 0 aliphatic carbocycles. The van der Waals surface area contributed by atoms with Gasteiger partial charge in [-0.3, -0.25) is 0 Å². The van der Waals surface area contributed by atoms with E-state index in [9.17, 15) is 8.42 Å². The smallest absolute Gasteiger partial charge is 0.243 e. The Hall–Kier alpha value is -1.76. The minimum Gasteiger partial charge on any atom is -0.497 e. The molecule has 7 heteroatoms. The summed E-state index contributed by atoms with van der Waals surface area (Å²) in [5, 5.41) is 0. The Morgan fingerprint density at radius 1 is 1.04 bits per heavy atom. The first-order valence-corrected chi connectivity index (χ1v) is 10.6. The molecule has 0 N–H and O–H groups in total. The summed E-state index contributed by atoms with van der Waals surface area (Å²) in [5.74, 6) is 1.33. The van der Waals surface area contributed by atoms with Crippen molar-refractivity contribution in [3.05, 3.63) is 54.1 Å². The fourth-order valence-corrected chi connectivity index (χ4v) is 4.72. The predicted molar refractivity (Wildman–Crippen MR) is 105 cm³/mol. The molecule has 0 radical (unpaired) electrons. The van der Waals surface area contributed by atoms with E-state index in [0.717, 1.165) is 23.4 Å². The highest BCUT2D eigenvalue weighted by molar-refractivity contribution is 7.89. The van der Waals surface area contributed by atoms with Gasteiger partial charge in [0, 0.05) is 43.8 Å². The molecule has 1 saturated heterocycles. The number of hydrogen-bond donors (Lipinski definition) is 0. The van der Waals surface area contributed by atoms with E-state index in [1.165, 1.54) is 0 Å². The van der Waals surface area contributed by atoms with Gasteiger partial charge in [-0.1, -0.05) is 18.2 Å². The van der Waals surface area contributed by atoms with Crippen molar-refractivity contribution in [1.29, 1.82) is 0 Å². The van der Waals surface area contributed by atoms with Gasteiger partial charge in [0.05, 0.1) is 12.0 Å². The lowest BCUT2D eigenvalue weighted by Gasteiger charge is -2.35. The zero-order chi connectivity index (χ0) is 18.6. The first-order chi connectivity index (χ1) is 12.5. The number of hydrogen-bond acceptors (Lipinski definition) is 4. The number of rotatable bonds is 6. The Morgan fingerprint density at radius 3 is 2.35 bits per heavy atom. The first kappa shape index (κ1) is 19.0. The lowest BCUT2D eigenvalue weighted by Crippen LogP contribution is -2.48. The van der Waals surface area contributed by atoms with Crippen molar-refractivity contribution < 1.29 is 13.2 Å². The van der Waals surface area contributed by atoms with Crippen LogP contribution in [0.15, 0.2) is 53.4 Å². The Morgan fingerprint density at radius 2 is 1.73 bits per heavy atom. The summed E-state index contributed by atoms with van der Waals surface area (Å²) in [6.45, 7) is 2.22. The summed E-state index contributed by atoms with van der Waals surface area (Å²) in [6, 6.07) is 14.8. The van der Waals surface area contributed by atoms with E-state index < -0.39 is 10.0 Å². The third-order valence-corrected chi connectivity index (χ3v) is 6.70. The number of halogens is 1. The van der Waals surface area contributed by atoms with Crippen LogP contribution in [0.3, 0.4) is 0 Å². The second kappa shape index (κ2) is 8.29. The zero-order valence-electron chi connectivity index (χ0n) is 14.8. The summed E-state index contributed by atoms with van der Waals surface area (Å²) in [6.07, 6.45) is 0.737. The predicted octanol–water partition coefficient (Wildman–Crippen LogP) is 2.99. The van der Waals surface area contributed by atoms with Crippen molar-refractivity contribution >= 4 is 27.3 Å². The molecule has 3 rings (SSSR count). The topological polar surface area (TPSA) is 49.9 Å². The maximum absolute atomic E-state index is 12.9. The maximum atomic E-state index is 12.9. The second-order valence-electron chi connectivity index (χ2n) is 6.18. The molecule has 26 heavy (non-hydrogen) atoms. The van der Waals surface area contributed by atoms with Crippen LogP contribution >= 0.6 is 11.6 Å². The third kappa shape index (κ3) is 4.14. The van der Waals surface area contributed by atoms with Crippen molar-refractivity contribution in [3.8, 4) is 5.75 Å². The normalized spacial score (nSPS) is 15.8. The van der Waals surface area contributed by atoms with Gasteiger partial charge in [0.25, 0.3) is 0 Å². The van der Waals surface area contributed by atoms with Gasteiger partial charge in [-0.15, -0.1) is 11.6 Å². The summed E-state index contributed by atoms with van der Waals surface area (Å²) < 4.78 is 32.5. The minimum absolute atomic E-state index is 0.339. The molecular formula is C19H23ClN2O3S. The van der Waals surface area contributed by atoms with Gasteiger partial charge < -0.3 is 9.64 Å². The average molecular weight is 395 g/mol. The van der Waals surface area contributed by atoms with Gasteiger partial charge >= 0.3 is 0 Å². The van der Waals surface area contributed by atoms with E-state index in [4.69, 9.17) is 16.3 Å². The maximum Gasteiger partial charge on any atom is 0.243 e. The van der Waals surface area contributed by atoms with Crippen molar-refractivity contribution in [1.82, 2.24) is 4.31 Å². The zero-order valence-corrected chi connectivity index (χ0v) is 16.3. The number of methoxy groups -OCH3 is 1. The molecule has 1 aliphatic rings. The summed E-state index contributed by atoms with van der Waals surface area (Å²) in [7, 11) is -1.82. The number of anilines is 1. The largest absolute Gasteiger partial charge is 0.497 e. The fraction of sp³-hybridized carbons (Fsp3) is 0.368. The van der Waals surface area contributed by atoms with Gasteiger partial charge in [-0.05, 0) is 36.2 Å².